The van der Waals surface area contributed by atoms with E-state index in [2.05, 4.69) is 19.1 Å². The lowest BCUT2D eigenvalue weighted by Gasteiger charge is -2.40. The molecule has 2 aliphatic rings. The third-order valence-electron chi connectivity index (χ3n) is 5.06. The van der Waals surface area contributed by atoms with Gasteiger partial charge in [-0.2, -0.15) is 0 Å². The highest BCUT2D eigenvalue weighted by Gasteiger charge is 2.44. The number of rotatable bonds is 1. The summed E-state index contributed by atoms with van der Waals surface area (Å²) in [7, 11) is 0. The van der Waals surface area contributed by atoms with Crippen LogP contribution in [0.2, 0.25) is 0 Å². The molecule has 2 atom stereocenters. The second kappa shape index (κ2) is 4.75. The number of carbonyl (C=O) groups excluding carboxylic acids is 1. The highest BCUT2D eigenvalue weighted by atomic mass is 16.3. The quantitative estimate of drug-likeness (QED) is 0.840. The third kappa shape index (κ3) is 2.02. The Kier molecular flexibility index (Phi) is 3.22. The third-order valence-corrected chi connectivity index (χ3v) is 5.06. The normalized spacial score (nSPS) is 30.4. The first-order chi connectivity index (χ1) is 9.15. The van der Waals surface area contributed by atoms with E-state index in [1.165, 1.54) is 24.0 Å². The fourth-order valence-electron chi connectivity index (χ4n) is 3.89. The van der Waals surface area contributed by atoms with E-state index in [4.69, 9.17) is 0 Å². The van der Waals surface area contributed by atoms with Crippen molar-refractivity contribution in [2.45, 2.75) is 57.5 Å². The molecule has 2 nitrogen and oxygen atoms in total. The molecule has 0 amide bonds. The summed E-state index contributed by atoms with van der Waals surface area (Å²) < 4.78 is 0. The van der Waals surface area contributed by atoms with Crippen LogP contribution in [0.3, 0.4) is 0 Å². The Morgan fingerprint density at radius 3 is 2.95 bits per heavy atom. The van der Waals surface area contributed by atoms with Crippen LogP contribution in [0.4, 0.5) is 0 Å². The van der Waals surface area contributed by atoms with Gasteiger partial charge in [-0.15, -0.1) is 0 Å². The van der Waals surface area contributed by atoms with Crippen molar-refractivity contribution in [3.8, 4) is 0 Å². The van der Waals surface area contributed by atoms with Crippen molar-refractivity contribution < 1.29 is 9.90 Å². The number of carbonyl (C=O) groups is 1. The van der Waals surface area contributed by atoms with E-state index in [0.717, 1.165) is 31.2 Å². The number of fused-ring (bicyclic) bond motifs is 4. The van der Waals surface area contributed by atoms with Crippen molar-refractivity contribution in [3.05, 3.63) is 34.9 Å². The van der Waals surface area contributed by atoms with Crippen molar-refractivity contribution in [2.75, 3.05) is 0 Å². The zero-order chi connectivity index (χ0) is 13.5. The average Bonchev–Trinajstić information content (AvgIpc) is 2.43. The number of hydrogen-bond donors (Lipinski definition) is 1. The Morgan fingerprint density at radius 1 is 1.32 bits per heavy atom. The summed E-state index contributed by atoms with van der Waals surface area (Å²) in [4.78, 5) is 12.8. The molecule has 1 aromatic carbocycles. The molecule has 1 fully saturated rings. The van der Waals surface area contributed by atoms with E-state index >= 15 is 0 Å². The van der Waals surface area contributed by atoms with Gasteiger partial charge in [0, 0.05) is 5.92 Å². The Hall–Kier alpha value is -1.15. The highest BCUT2D eigenvalue weighted by molar-refractivity contribution is 5.94. The van der Waals surface area contributed by atoms with Crippen LogP contribution < -0.4 is 0 Å². The molecular weight excluding hydrogens is 236 g/mol. The molecule has 0 spiro atoms. The largest absolute Gasteiger partial charge is 0.392 e. The van der Waals surface area contributed by atoms with Crippen molar-refractivity contribution >= 4 is 5.78 Å². The Morgan fingerprint density at radius 2 is 2.16 bits per heavy atom. The summed E-state index contributed by atoms with van der Waals surface area (Å²) >= 11 is 0. The first-order valence-electron chi connectivity index (χ1n) is 7.42. The maximum absolute atomic E-state index is 12.8. The molecule has 2 bridgehead atoms. The molecule has 1 N–H and O–H groups in total. The van der Waals surface area contributed by atoms with Crippen LogP contribution in [0.25, 0.3) is 0 Å². The number of ketones is 1. The van der Waals surface area contributed by atoms with Gasteiger partial charge >= 0.3 is 0 Å². The van der Waals surface area contributed by atoms with Crippen molar-refractivity contribution in [2.24, 2.45) is 5.92 Å². The lowest BCUT2D eigenvalue weighted by atomic mass is 9.62. The number of hydrogen-bond acceptors (Lipinski definition) is 2. The molecule has 0 heterocycles. The number of benzene rings is 1. The summed E-state index contributed by atoms with van der Waals surface area (Å²) in [6.07, 6.45) is 6.48. The molecule has 0 unspecified atom stereocenters. The monoisotopic (exact) mass is 258 g/mol. The van der Waals surface area contributed by atoms with Crippen LogP contribution in [0, 0.1) is 5.92 Å². The van der Waals surface area contributed by atoms with Crippen molar-refractivity contribution in [1.29, 1.82) is 0 Å². The fourth-order valence-corrected chi connectivity index (χ4v) is 3.89. The maximum atomic E-state index is 12.8. The predicted molar refractivity (Wildman–Crippen MR) is 75.0 cm³/mol. The molecule has 1 saturated carbocycles. The van der Waals surface area contributed by atoms with Gasteiger partial charge in [0.05, 0.1) is 12.0 Å². The van der Waals surface area contributed by atoms with Gasteiger partial charge < -0.3 is 5.11 Å². The smallest absolute Gasteiger partial charge is 0.146 e. The Bertz CT molecular complexity index is 506. The van der Waals surface area contributed by atoms with Gasteiger partial charge in [0.2, 0.25) is 0 Å². The summed E-state index contributed by atoms with van der Waals surface area (Å²) in [5, 5.41) is 9.33. The van der Waals surface area contributed by atoms with E-state index in [9.17, 15) is 9.90 Å². The lowest BCUT2D eigenvalue weighted by Crippen LogP contribution is -2.44. The zero-order valence-corrected chi connectivity index (χ0v) is 11.6. The molecule has 0 aliphatic heterocycles. The fraction of sp³-hybridized carbons (Fsp3) is 0.588. The molecule has 0 aromatic heterocycles. The first-order valence-corrected chi connectivity index (χ1v) is 7.42. The predicted octanol–water partition coefficient (Wildman–Crippen LogP) is 3.14. The number of Topliss-reactive ketones (excluding diaryl/α,β-unsaturated/α-hetero) is 1. The van der Waals surface area contributed by atoms with Gasteiger partial charge in [0.15, 0.2) is 0 Å². The van der Waals surface area contributed by atoms with E-state index in [1.807, 2.05) is 6.07 Å². The van der Waals surface area contributed by atoms with Crippen LogP contribution in [0.5, 0.6) is 0 Å². The highest BCUT2D eigenvalue weighted by Crippen LogP contribution is 2.44. The summed E-state index contributed by atoms with van der Waals surface area (Å²) in [5.74, 6) is 0.660. The van der Waals surface area contributed by atoms with E-state index in [0.29, 0.717) is 5.78 Å². The van der Waals surface area contributed by atoms with Crippen LogP contribution in [-0.2, 0) is 23.2 Å². The van der Waals surface area contributed by atoms with Gasteiger partial charge in [0.1, 0.15) is 5.78 Å². The van der Waals surface area contributed by atoms with Crippen LogP contribution in [0.15, 0.2) is 18.2 Å². The topological polar surface area (TPSA) is 37.3 Å². The Labute approximate surface area is 114 Å². The molecule has 102 valence electrons. The van der Waals surface area contributed by atoms with Gasteiger partial charge in [-0.25, -0.2) is 0 Å². The van der Waals surface area contributed by atoms with Gasteiger partial charge in [-0.3, -0.25) is 4.79 Å². The maximum Gasteiger partial charge on any atom is 0.146 e. The molecule has 19 heavy (non-hydrogen) atoms. The number of aliphatic hydroxyl groups is 1. The van der Waals surface area contributed by atoms with Gasteiger partial charge in [0.25, 0.3) is 0 Å². The van der Waals surface area contributed by atoms with Gasteiger partial charge in [-0.1, -0.05) is 37.5 Å². The van der Waals surface area contributed by atoms with Crippen LogP contribution >= 0.6 is 0 Å². The van der Waals surface area contributed by atoms with E-state index in [-0.39, 0.29) is 17.9 Å². The summed E-state index contributed by atoms with van der Waals surface area (Å²) in [6.45, 7) is 2.17. The summed E-state index contributed by atoms with van der Waals surface area (Å²) in [6, 6.07) is 6.18. The minimum atomic E-state index is -0.316. The van der Waals surface area contributed by atoms with Crippen molar-refractivity contribution in [3.63, 3.8) is 0 Å². The second-order valence-corrected chi connectivity index (χ2v) is 6.35. The average molecular weight is 258 g/mol. The molecule has 0 saturated heterocycles. The minimum Gasteiger partial charge on any atom is -0.392 e. The molecule has 2 aliphatic carbocycles. The van der Waals surface area contributed by atoms with Crippen LogP contribution in [-0.4, -0.2) is 10.9 Å². The first kappa shape index (κ1) is 12.9. The van der Waals surface area contributed by atoms with Crippen molar-refractivity contribution in [1.82, 2.24) is 0 Å². The van der Waals surface area contributed by atoms with E-state index in [1.54, 1.807) is 0 Å². The molecule has 1 aromatic rings. The van der Waals surface area contributed by atoms with E-state index < -0.39 is 0 Å². The lowest BCUT2D eigenvalue weighted by molar-refractivity contribution is -0.129. The standard InChI is InChI=1S/C17H22O2/c1-17-8-4-2-3-5-14(16(17)19)10-13-7-6-12(11-18)9-15(13)17/h6-7,9,14,18H,2-5,8,10-11H2,1H3/t14-,17+/m0/s1. The SMILES string of the molecule is C[C@@]12CCCCC[C@@H](Cc3ccc(CO)cc31)C2=O. The second-order valence-electron chi connectivity index (χ2n) is 6.35. The molecule has 0 radical (unpaired) electrons. The minimum absolute atomic E-state index is 0.0565. The molecule has 3 rings (SSSR count). The molecular formula is C17H22O2. The van der Waals surface area contributed by atoms with Crippen LogP contribution in [0.1, 0.15) is 55.7 Å². The van der Waals surface area contributed by atoms with Gasteiger partial charge in [-0.05, 0) is 42.9 Å². The zero-order valence-electron chi connectivity index (χ0n) is 11.6. The number of aliphatic hydroxyl groups excluding tert-OH is 1. The molecule has 2 heteroatoms. The Balaban J connectivity index is 2.12. The summed E-state index contributed by atoms with van der Waals surface area (Å²) in [5.41, 5.74) is 3.12.